The number of nitrogens with zero attached hydrogens (tertiary/aromatic N) is 2. The molecule has 1 spiro atoms. The summed E-state index contributed by atoms with van der Waals surface area (Å²) in [5, 5.41) is 6.38. The van der Waals surface area contributed by atoms with Crippen LogP contribution in [-0.2, 0) is 14.3 Å². The number of carbonyl (C=O) groups is 1. The highest BCUT2D eigenvalue weighted by Gasteiger charge is 2.42. The van der Waals surface area contributed by atoms with Gasteiger partial charge in [0, 0.05) is 38.0 Å². The summed E-state index contributed by atoms with van der Waals surface area (Å²) >= 11 is 0. The largest absolute Gasteiger partial charge is 0.376 e. The molecule has 7 heteroatoms. The maximum atomic E-state index is 11.6. The molecule has 23 heavy (non-hydrogen) atoms. The summed E-state index contributed by atoms with van der Waals surface area (Å²) in [6.07, 6.45) is 2.90. The van der Waals surface area contributed by atoms with Crippen molar-refractivity contribution in [1.82, 2.24) is 15.5 Å². The van der Waals surface area contributed by atoms with Crippen LogP contribution in [0.3, 0.4) is 0 Å². The zero-order valence-corrected chi connectivity index (χ0v) is 14.0. The van der Waals surface area contributed by atoms with E-state index in [1.54, 1.807) is 0 Å². The van der Waals surface area contributed by atoms with E-state index in [0.717, 1.165) is 45.0 Å². The SMILES string of the molecule is CCNC(=NCC1COCCO1)N1CCCC2(CNC(=O)C2)C1. The fourth-order valence-corrected chi connectivity index (χ4v) is 3.69. The topological polar surface area (TPSA) is 75.2 Å². The van der Waals surface area contributed by atoms with Gasteiger partial charge in [-0.15, -0.1) is 0 Å². The first-order chi connectivity index (χ1) is 11.2. The maximum Gasteiger partial charge on any atom is 0.220 e. The Labute approximate surface area is 137 Å². The fourth-order valence-electron chi connectivity index (χ4n) is 3.69. The molecule has 130 valence electrons. The Balaban J connectivity index is 1.63. The summed E-state index contributed by atoms with van der Waals surface area (Å²) < 4.78 is 11.1. The third-order valence-electron chi connectivity index (χ3n) is 4.82. The molecule has 0 aromatic carbocycles. The Kier molecular flexibility index (Phi) is 5.38. The van der Waals surface area contributed by atoms with E-state index in [-0.39, 0.29) is 17.4 Å². The molecule has 3 fully saturated rings. The minimum atomic E-state index is 0.0471. The van der Waals surface area contributed by atoms with Gasteiger partial charge in [0.25, 0.3) is 0 Å². The number of carbonyl (C=O) groups excluding carboxylic acids is 1. The zero-order chi connectivity index (χ0) is 16.1. The van der Waals surface area contributed by atoms with Crippen molar-refractivity contribution in [2.75, 3.05) is 52.5 Å². The van der Waals surface area contributed by atoms with Gasteiger partial charge in [0.15, 0.2) is 5.96 Å². The number of likely N-dealkylation sites (tertiary alicyclic amines) is 1. The van der Waals surface area contributed by atoms with Gasteiger partial charge in [-0.1, -0.05) is 0 Å². The fraction of sp³-hybridized carbons (Fsp3) is 0.875. The molecule has 0 aromatic heterocycles. The number of nitrogens with one attached hydrogen (secondary N) is 2. The average molecular weight is 324 g/mol. The quantitative estimate of drug-likeness (QED) is 0.563. The van der Waals surface area contributed by atoms with Crippen LogP contribution < -0.4 is 10.6 Å². The normalized spacial score (nSPS) is 32.2. The summed E-state index contributed by atoms with van der Waals surface area (Å²) in [6, 6.07) is 0. The summed E-state index contributed by atoms with van der Waals surface area (Å²) in [7, 11) is 0. The first-order valence-electron chi connectivity index (χ1n) is 8.70. The third kappa shape index (κ3) is 4.14. The van der Waals surface area contributed by atoms with Gasteiger partial charge in [-0.25, -0.2) is 0 Å². The van der Waals surface area contributed by atoms with Gasteiger partial charge in [0.1, 0.15) is 6.10 Å². The number of piperidine rings is 1. The summed E-state index contributed by atoms with van der Waals surface area (Å²) in [4.78, 5) is 18.7. The van der Waals surface area contributed by atoms with Crippen LogP contribution in [0.25, 0.3) is 0 Å². The Morgan fingerprint density at radius 1 is 1.52 bits per heavy atom. The average Bonchev–Trinajstić information content (AvgIpc) is 2.92. The van der Waals surface area contributed by atoms with Crippen molar-refractivity contribution in [3.05, 3.63) is 0 Å². The second-order valence-corrected chi connectivity index (χ2v) is 6.74. The van der Waals surface area contributed by atoms with E-state index in [1.807, 2.05) is 0 Å². The van der Waals surface area contributed by atoms with Crippen LogP contribution in [0, 0.1) is 5.41 Å². The van der Waals surface area contributed by atoms with E-state index in [1.165, 1.54) is 0 Å². The molecule has 3 aliphatic rings. The van der Waals surface area contributed by atoms with Crippen LogP contribution in [0.5, 0.6) is 0 Å². The molecule has 0 aliphatic carbocycles. The van der Waals surface area contributed by atoms with Crippen molar-refractivity contribution in [2.24, 2.45) is 10.4 Å². The van der Waals surface area contributed by atoms with Gasteiger partial charge in [-0.05, 0) is 19.8 Å². The van der Waals surface area contributed by atoms with E-state index in [9.17, 15) is 4.79 Å². The molecule has 3 rings (SSSR count). The van der Waals surface area contributed by atoms with Crippen LogP contribution in [-0.4, -0.2) is 75.4 Å². The molecule has 2 unspecified atom stereocenters. The predicted octanol–water partition coefficient (Wildman–Crippen LogP) is -0.0306. The lowest BCUT2D eigenvalue weighted by molar-refractivity contribution is -0.119. The third-order valence-corrected chi connectivity index (χ3v) is 4.82. The van der Waals surface area contributed by atoms with Crippen LogP contribution in [0.4, 0.5) is 0 Å². The van der Waals surface area contributed by atoms with E-state index >= 15 is 0 Å². The highest BCUT2D eigenvalue weighted by atomic mass is 16.6. The molecular formula is C16H28N4O3. The lowest BCUT2D eigenvalue weighted by atomic mass is 9.79. The van der Waals surface area contributed by atoms with Gasteiger partial charge < -0.3 is 25.0 Å². The summed E-state index contributed by atoms with van der Waals surface area (Å²) in [5.74, 6) is 1.11. The zero-order valence-electron chi connectivity index (χ0n) is 14.0. The maximum absolute atomic E-state index is 11.6. The highest BCUT2D eigenvalue weighted by Crippen LogP contribution is 2.35. The minimum absolute atomic E-state index is 0.0471. The van der Waals surface area contributed by atoms with Crippen LogP contribution in [0.2, 0.25) is 0 Å². The molecule has 1 amide bonds. The predicted molar refractivity (Wildman–Crippen MR) is 87.4 cm³/mol. The number of amides is 1. The molecule has 0 saturated carbocycles. The van der Waals surface area contributed by atoms with Gasteiger partial charge in [0.05, 0.1) is 26.4 Å². The Hall–Kier alpha value is -1.34. The molecule has 3 aliphatic heterocycles. The molecule has 3 heterocycles. The number of hydrogen-bond donors (Lipinski definition) is 2. The minimum Gasteiger partial charge on any atom is -0.376 e. The van der Waals surface area contributed by atoms with E-state index in [0.29, 0.717) is 32.8 Å². The smallest absolute Gasteiger partial charge is 0.220 e. The van der Waals surface area contributed by atoms with Crippen molar-refractivity contribution >= 4 is 11.9 Å². The first-order valence-corrected chi connectivity index (χ1v) is 8.70. The van der Waals surface area contributed by atoms with E-state index in [4.69, 9.17) is 14.5 Å². The molecule has 0 bridgehead atoms. The Morgan fingerprint density at radius 2 is 2.43 bits per heavy atom. The Bertz CT molecular complexity index is 451. The van der Waals surface area contributed by atoms with Crippen molar-refractivity contribution in [3.63, 3.8) is 0 Å². The van der Waals surface area contributed by atoms with Gasteiger partial charge >= 0.3 is 0 Å². The van der Waals surface area contributed by atoms with Gasteiger partial charge in [0.2, 0.25) is 5.91 Å². The summed E-state index contributed by atoms with van der Waals surface area (Å²) in [5.41, 5.74) is 0.0793. The lowest BCUT2D eigenvalue weighted by Gasteiger charge is -2.41. The lowest BCUT2D eigenvalue weighted by Crippen LogP contribution is -2.51. The van der Waals surface area contributed by atoms with Crippen molar-refractivity contribution in [3.8, 4) is 0 Å². The molecule has 0 aromatic rings. The van der Waals surface area contributed by atoms with Crippen LogP contribution in [0.15, 0.2) is 4.99 Å². The standard InChI is InChI=1S/C16H28N4O3/c1-2-17-15(18-9-13-10-22-6-7-23-13)20-5-3-4-16(12-20)8-14(21)19-11-16/h13H,2-12H2,1H3,(H,17,18)(H,19,21). The molecule has 2 atom stereocenters. The van der Waals surface area contributed by atoms with Crippen LogP contribution >= 0.6 is 0 Å². The molecule has 7 nitrogen and oxygen atoms in total. The van der Waals surface area contributed by atoms with Crippen molar-refractivity contribution < 1.29 is 14.3 Å². The second kappa shape index (κ2) is 7.49. The number of guanidine groups is 1. The van der Waals surface area contributed by atoms with Gasteiger partial charge in [-0.2, -0.15) is 0 Å². The van der Waals surface area contributed by atoms with Crippen molar-refractivity contribution in [2.45, 2.75) is 32.3 Å². The first kappa shape index (κ1) is 16.5. The van der Waals surface area contributed by atoms with Crippen LogP contribution in [0.1, 0.15) is 26.2 Å². The molecule has 0 radical (unpaired) electrons. The second-order valence-electron chi connectivity index (χ2n) is 6.74. The van der Waals surface area contributed by atoms with Gasteiger partial charge in [-0.3, -0.25) is 9.79 Å². The monoisotopic (exact) mass is 324 g/mol. The molecular weight excluding hydrogens is 296 g/mol. The summed E-state index contributed by atoms with van der Waals surface area (Å²) in [6.45, 7) is 8.14. The molecule has 2 N–H and O–H groups in total. The van der Waals surface area contributed by atoms with E-state index in [2.05, 4.69) is 22.5 Å². The highest BCUT2D eigenvalue weighted by molar-refractivity contribution is 5.81. The van der Waals surface area contributed by atoms with Crippen molar-refractivity contribution in [1.29, 1.82) is 0 Å². The number of aliphatic imine (C=N–C) groups is 1. The molecule has 3 saturated heterocycles. The number of ether oxygens (including phenoxy) is 2. The number of hydrogen-bond acceptors (Lipinski definition) is 4. The Morgan fingerprint density at radius 3 is 3.13 bits per heavy atom. The van der Waals surface area contributed by atoms with E-state index < -0.39 is 0 Å². The number of rotatable bonds is 3.